The molecule has 1 fully saturated rings. The summed E-state index contributed by atoms with van der Waals surface area (Å²) in [6.45, 7) is 1.70. The van der Waals surface area contributed by atoms with Crippen molar-refractivity contribution in [2.24, 2.45) is 5.92 Å². The van der Waals surface area contributed by atoms with Gasteiger partial charge in [-0.2, -0.15) is 10.2 Å². The van der Waals surface area contributed by atoms with Gasteiger partial charge in [0.05, 0.1) is 30.3 Å². The summed E-state index contributed by atoms with van der Waals surface area (Å²) >= 11 is 0. The topological polar surface area (TPSA) is 84.2 Å². The average Bonchev–Trinajstić information content (AvgIpc) is 3.21. The van der Waals surface area contributed by atoms with Gasteiger partial charge in [-0.05, 0) is 37.0 Å². The van der Waals surface area contributed by atoms with E-state index in [1.807, 2.05) is 68.6 Å². The molecule has 0 saturated heterocycles. The number of fused-ring (bicyclic) bond motifs is 1. The van der Waals surface area contributed by atoms with E-state index in [-0.39, 0.29) is 5.43 Å². The van der Waals surface area contributed by atoms with Gasteiger partial charge in [0.1, 0.15) is 6.61 Å². The molecule has 0 amide bonds. The van der Waals surface area contributed by atoms with Gasteiger partial charge >= 0.3 is 0 Å². The van der Waals surface area contributed by atoms with Crippen LogP contribution in [0.1, 0.15) is 12.8 Å². The normalized spacial score (nSPS) is 13.6. The summed E-state index contributed by atoms with van der Waals surface area (Å²) in [4.78, 5) is 17.7. The lowest BCUT2D eigenvalue weighted by Gasteiger charge is -2.13. The van der Waals surface area contributed by atoms with E-state index in [0.29, 0.717) is 36.2 Å². The number of ether oxygens (including phenoxy) is 1. The van der Waals surface area contributed by atoms with Crippen molar-refractivity contribution in [3.05, 3.63) is 83.8 Å². The number of hydrogen-bond acceptors (Lipinski definition) is 5. The van der Waals surface area contributed by atoms with E-state index in [1.54, 1.807) is 23.3 Å². The van der Waals surface area contributed by atoms with Gasteiger partial charge in [-0.3, -0.25) is 13.9 Å². The summed E-state index contributed by atoms with van der Waals surface area (Å²) in [7, 11) is 0. The van der Waals surface area contributed by atoms with E-state index in [0.717, 1.165) is 18.0 Å². The van der Waals surface area contributed by atoms with Crippen LogP contribution in [0.25, 0.3) is 22.9 Å². The first-order chi connectivity index (χ1) is 16.3. The Morgan fingerprint density at radius 3 is 2.76 bits per heavy atom. The lowest BCUT2D eigenvalue weighted by atomic mass is 10.2. The molecule has 0 spiro atoms. The molecule has 1 aliphatic rings. The van der Waals surface area contributed by atoms with Crippen LogP contribution in [0.15, 0.2) is 78.4 Å². The molecule has 9 heteroatoms. The summed E-state index contributed by atoms with van der Waals surface area (Å²) in [6, 6.07) is 11.6. The predicted molar refractivity (Wildman–Crippen MR) is 122 cm³/mol. The van der Waals surface area contributed by atoms with Crippen molar-refractivity contribution in [1.29, 1.82) is 0 Å². The summed E-state index contributed by atoms with van der Waals surface area (Å²) < 4.78 is 13.5. The van der Waals surface area contributed by atoms with Crippen LogP contribution in [-0.4, -0.2) is 40.1 Å². The Morgan fingerprint density at radius 1 is 1.03 bits per heavy atom. The fraction of sp³-hybridized carbons (Fsp3) is 0.250. The maximum atomic E-state index is 13.4. The lowest BCUT2D eigenvalue weighted by Crippen LogP contribution is -2.21. The minimum Gasteiger partial charge on any atom is -0.486 e. The second kappa shape index (κ2) is 8.09. The zero-order chi connectivity index (χ0) is 22.2. The van der Waals surface area contributed by atoms with Gasteiger partial charge < -0.3 is 9.30 Å². The largest absolute Gasteiger partial charge is 0.486 e. The number of nitrogens with zero attached hydrogens (tertiary/aromatic N) is 7. The Balaban J connectivity index is 1.32. The SMILES string of the molecule is O=c1c(OCCn2ccn3ccnc23)cn(CC2CC2)nc1-c1ccnn1-c1ccccc1. The molecule has 0 N–H and O–H groups in total. The molecule has 9 nitrogen and oxygen atoms in total. The third-order valence-corrected chi connectivity index (χ3v) is 5.86. The Bertz CT molecular complexity index is 1460. The molecule has 4 heterocycles. The van der Waals surface area contributed by atoms with Crippen molar-refractivity contribution in [2.45, 2.75) is 25.9 Å². The van der Waals surface area contributed by atoms with E-state index >= 15 is 0 Å². The van der Waals surface area contributed by atoms with E-state index in [1.165, 1.54) is 12.8 Å². The zero-order valence-corrected chi connectivity index (χ0v) is 18.0. The van der Waals surface area contributed by atoms with Crippen molar-refractivity contribution in [3.8, 4) is 22.8 Å². The van der Waals surface area contributed by atoms with Crippen LogP contribution in [0, 0.1) is 5.92 Å². The molecule has 166 valence electrons. The molecule has 4 aromatic heterocycles. The maximum Gasteiger partial charge on any atom is 0.251 e. The minimum absolute atomic E-state index is 0.238. The van der Waals surface area contributed by atoms with Crippen molar-refractivity contribution in [3.63, 3.8) is 0 Å². The number of imidazole rings is 2. The molecular formula is C24H23N7O2. The fourth-order valence-electron chi connectivity index (χ4n) is 3.99. The maximum absolute atomic E-state index is 13.4. The van der Waals surface area contributed by atoms with Crippen LogP contribution < -0.4 is 10.2 Å². The highest BCUT2D eigenvalue weighted by atomic mass is 16.5. The highest BCUT2D eigenvalue weighted by Crippen LogP contribution is 2.31. The lowest BCUT2D eigenvalue weighted by molar-refractivity contribution is 0.292. The number of aromatic nitrogens is 7. The van der Waals surface area contributed by atoms with Gasteiger partial charge in [0.25, 0.3) is 5.43 Å². The van der Waals surface area contributed by atoms with Crippen molar-refractivity contribution < 1.29 is 4.74 Å². The predicted octanol–water partition coefficient (Wildman–Crippen LogP) is 3.03. The zero-order valence-electron chi connectivity index (χ0n) is 18.0. The van der Waals surface area contributed by atoms with Gasteiger partial charge in [-0.25, -0.2) is 9.67 Å². The highest BCUT2D eigenvalue weighted by molar-refractivity contribution is 5.58. The van der Waals surface area contributed by atoms with Crippen molar-refractivity contribution in [2.75, 3.05) is 6.61 Å². The average molecular weight is 441 g/mol. The summed E-state index contributed by atoms with van der Waals surface area (Å²) in [5.74, 6) is 1.74. The van der Waals surface area contributed by atoms with E-state index in [9.17, 15) is 4.79 Å². The highest BCUT2D eigenvalue weighted by Gasteiger charge is 2.24. The molecule has 0 radical (unpaired) electrons. The third-order valence-electron chi connectivity index (χ3n) is 5.86. The van der Waals surface area contributed by atoms with Gasteiger partial charge in [0, 0.05) is 31.3 Å². The molecule has 0 bridgehead atoms. The second-order valence-electron chi connectivity index (χ2n) is 8.27. The van der Waals surface area contributed by atoms with Crippen LogP contribution in [0.4, 0.5) is 0 Å². The van der Waals surface area contributed by atoms with Gasteiger partial charge in [-0.1, -0.05) is 18.2 Å². The van der Waals surface area contributed by atoms with Crippen LogP contribution in [0.2, 0.25) is 0 Å². The van der Waals surface area contributed by atoms with E-state index in [2.05, 4.69) is 15.2 Å². The molecule has 0 atom stereocenters. The first kappa shape index (κ1) is 19.5. The van der Waals surface area contributed by atoms with E-state index < -0.39 is 0 Å². The molecule has 33 heavy (non-hydrogen) atoms. The molecule has 5 aromatic rings. The molecule has 6 rings (SSSR count). The molecular weight excluding hydrogens is 418 g/mol. The summed E-state index contributed by atoms with van der Waals surface area (Å²) in [6.07, 6.45) is 13.3. The van der Waals surface area contributed by atoms with Crippen LogP contribution in [0.3, 0.4) is 0 Å². The van der Waals surface area contributed by atoms with Crippen molar-refractivity contribution in [1.82, 2.24) is 33.5 Å². The Labute approximate surface area is 189 Å². The number of rotatable bonds is 8. The van der Waals surface area contributed by atoms with E-state index in [4.69, 9.17) is 4.74 Å². The standard InChI is InChI=1S/C24H23N7O2/c32-23-21(33-15-14-29-13-12-28-11-10-25-24(28)29)17-30(16-18-6-7-18)27-22(23)20-8-9-26-31(20)19-4-2-1-3-5-19/h1-5,8-13,17-18H,6-7,14-16H2. The Hall–Kier alpha value is -4.14. The molecule has 0 aliphatic heterocycles. The first-order valence-electron chi connectivity index (χ1n) is 11.1. The molecule has 0 unspecified atom stereocenters. The van der Waals surface area contributed by atoms with Crippen LogP contribution >= 0.6 is 0 Å². The smallest absolute Gasteiger partial charge is 0.251 e. The second-order valence-corrected chi connectivity index (χ2v) is 8.27. The molecule has 1 aliphatic carbocycles. The molecule has 1 aromatic carbocycles. The Kier molecular flexibility index (Phi) is 4.79. The Morgan fingerprint density at radius 2 is 1.91 bits per heavy atom. The molecule has 1 saturated carbocycles. The van der Waals surface area contributed by atoms with Gasteiger partial charge in [0.2, 0.25) is 5.78 Å². The number of hydrogen-bond donors (Lipinski definition) is 0. The monoisotopic (exact) mass is 441 g/mol. The quantitative estimate of drug-likeness (QED) is 0.370. The van der Waals surface area contributed by atoms with Crippen molar-refractivity contribution >= 4 is 5.78 Å². The number of benzene rings is 1. The van der Waals surface area contributed by atoms with Gasteiger partial charge in [0.15, 0.2) is 11.4 Å². The fourth-order valence-corrected chi connectivity index (χ4v) is 3.99. The minimum atomic E-state index is -0.238. The summed E-state index contributed by atoms with van der Waals surface area (Å²) in [5.41, 5.74) is 1.62. The van der Waals surface area contributed by atoms with Crippen LogP contribution in [-0.2, 0) is 13.1 Å². The number of para-hydroxylation sites is 1. The summed E-state index contributed by atoms with van der Waals surface area (Å²) in [5, 5.41) is 9.11. The third kappa shape index (κ3) is 3.82. The van der Waals surface area contributed by atoms with Gasteiger partial charge in [-0.15, -0.1) is 0 Å². The first-order valence-corrected chi connectivity index (χ1v) is 11.1. The van der Waals surface area contributed by atoms with Crippen LogP contribution in [0.5, 0.6) is 5.75 Å².